The Labute approximate surface area is 167 Å². The standard InChI is InChI=1S/C21H30N4O2S/c1-16(19-11-10-18-8-3-4-9-20(18)14-19)25-21(22-2)23-12-13-28(26,27)24-15-17-6-5-7-17/h3-4,8-11,14,16-17,24H,5-7,12-13,15H2,1-2H3,(H2,22,23,25). The maximum absolute atomic E-state index is 12.1. The summed E-state index contributed by atoms with van der Waals surface area (Å²) in [6.07, 6.45) is 3.47. The lowest BCUT2D eigenvalue weighted by molar-refractivity contribution is 0.316. The maximum Gasteiger partial charge on any atom is 0.213 e. The van der Waals surface area contributed by atoms with Crippen molar-refractivity contribution >= 4 is 26.8 Å². The summed E-state index contributed by atoms with van der Waals surface area (Å²) in [5.74, 6) is 1.14. The molecule has 0 bridgehead atoms. The van der Waals surface area contributed by atoms with Crippen LogP contribution in [0, 0.1) is 5.92 Å². The number of nitrogens with one attached hydrogen (secondary N) is 3. The van der Waals surface area contributed by atoms with Crippen molar-refractivity contribution < 1.29 is 8.42 Å². The molecule has 0 amide bonds. The van der Waals surface area contributed by atoms with Gasteiger partial charge in [-0.1, -0.05) is 42.8 Å². The highest BCUT2D eigenvalue weighted by molar-refractivity contribution is 7.89. The average Bonchev–Trinajstić information content (AvgIpc) is 2.65. The molecule has 1 unspecified atom stereocenters. The zero-order valence-electron chi connectivity index (χ0n) is 16.6. The Balaban J connectivity index is 1.49. The topological polar surface area (TPSA) is 82.6 Å². The molecule has 2 aromatic carbocycles. The van der Waals surface area contributed by atoms with Gasteiger partial charge in [0.05, 0.1) is 11.8 Å². The third-order valence-electron chi connectivity index (χ3n) is 5.33. The highest BCUT2D eigenvalue weighted by Gasteiger charge is 2.20. The van der Waals surface area contributed by atoms with E-state index in [0.717, 1.165) is 18.4 Å². The summed E-state index contributed by atoms with van der Waals surface area (Å²) in [7, 11) is -1.57. The minimum atomic E-state index is -3.26. The Bertz CT molecular complexity index is 923. The number of hydrogen-bond donors (Lipinski definition) is 3. The van der Waals surface area contributed by atoms with Crippen LogP contribution in [0.3, 0.4) is 0 Å². The van der Waals surface area contributed by atoms with Gasteiger partial charge in [-0.05, 0) is 48.1 Å². The quantitative estimate of drug-likeness (QED) is 0.468. The monoisotopic (exact) mass is 402 g/mol. The second-order valence-corrected chi connectivity index (χ2v) is 9.36. The summed E-state index contributed by atoms with van der Waals surface area (Å²) >= 11 is 0. The average molecular weight is 403 g/mol. The predicted octanol–water partition coefficient (Wildman–Crippen LogP) is 2.79. The normalized spacial score (nSPS) is 16.6. The number of benzene rings is 2. The van der Waals surface area contributed by atoms with Crippen molar-refractivity contribution in [1.29, 1.82) is 0 Å². The van der Waals surface area contributed by atoms with Crippen LogP contribution in [0.2, 0.25) is 0 Å². The van der Waals surface area contributed by atoms with Crippen molar-refractivity contribution in [2.45, 2.75) is 32.2 Å². The molecule has 1 fully saturated rings. The second kappa shape index (κ2) is 9.39. The van der Waals surface area contributed by atoms with Crippen LogP contribution in [-0.2, 0) is 10.0 Å². The zero-order valence-corrected chi connectivity index (χ0v) is 17.4. The summed E-state index contributed by atoms with van der Waals surface area (Å²) in [6.45, 7) is 2.94. The molecular formula is C21H30N4O2S. The molecule has 1 aliphatic carbocycles. The van der Waals surface area contributed by atoms with Crippen LogP contribution < -0.4 is 15.4 Å². The molecule has 152 valence electrons. The van der Waals surface area contributed by atoms with E-state index >= 15 is 0 Å². The van der Waals surface area contributed by atoms with Gasteiger partial charge in [0.1, 0.15) is 0 Å². The van der Waals surface area contributed by atoms with Crippen molar-refractivity contribution in [3.63, 3.8) is 0 Å². The first-order chi connectivity index (χ1) is 13.5. The fraction of sp³-hybridized carbons (Fsp3) is 0.476. The van der Waals surface area contributed by atoms with Crippen LogP contribution >= 0.6 is 0 Å². The van der Waals surface area contributed by atoms with Gasteiger partial charge in [-0.15, -0.1) is 0 Å². The second-order valence-electron chi connectivity index (χ2n) is 7.44. The minimum absolute atomic E-state index is 0.0325. The number of hydrogen-bond acceptors (Lipinski definition) is 3. The van der Waals surface area contributed by atoms with Crippen LogP contribution in [0.5, 0.6) is 0 Å². The Morgan fingerprint density at radius 3 is 2.61 bits per heavy atom. The Hall–Kier alpha value is -2.12. The summed E-state index contributed by atoms with van der Waals surface area (Å²) in [4.78, 5) is 4.21. The van der Waals surface area contributed by atoms with Crippen molar-refractivity contribution in [2.24, 2.45) is 10.9 Å². The molecule has 7 heteroatoms. The van der Waals surface area contributed by atoms with E-state index in [1.54, 1.807) is 7.05 Å². The van der Waals surface area contributed by atoms with Gasteiger partial charge in [-0.3, -0.25) is 4.99 Å². The van der Waals surface area contributed by atoms with E-state index in [-0.39, 0.29) is 11.8 Å². The molecule has 0 heterocycles. The Kier molecular flexibility index (Phi) is 6.91. The van der Waals surface area contributed by atoms with E-state index in [1.165, 1.54) is 17.2 Å². The fourth-order valence-corrected chi connectivity index (χ4v) is 4.28. The van der Waals surface area contributed by atoms with Crippen molar-refractivity contribution in [1.82, 2.24) is 15.4 Å². The predicted molar refractivity (Wildman–Crippen MR) is 116 cm³/mol. The minimum Gasteiger partial charge on any atom is -0.355 e. The molecule has 3 N–H and O–H groups in total. The SMILES string of the molecule is CN=C(NCCS(=O)(=O)NCC1CCC1)NC(C)c1ccc2ccccc2c1. The molecule has 28 heavy (non-hydrogen) atoms. The first-order valence-electron chi connectivity index (χ1n) is 9.90. The molecule has 3 rings (SSSR count). The van der Waals surface area contributed by atoms with Crippen LogP contribution in [0.1, 0.15) is 37.8 Å². The molecule has 0 radical (unpaired) electrons. The number of sulfonamides is 1. The largest absolute Gasteiger partial charge is 0.355 e. The first-order valence-corrected chi connectivity index (χ1v) is 11.6. The van der Waals surface area contributed by atoms with E-state index in [1.807, 2.05) is 12.1 Å². The number of fused-ring (bicyclic) bond motifs is 1. The Morgan fingerprint density at radius 1 is 1.18 bits per heavy atom. The number of nitrogens with zero attached hydrogens (tertiary/aromatic N) is 1. The van der Waals surface area contributed by atoms with Gasteiger partial charge < -0.3 is 10.6 Å². The molecule has 0 saturated heterocycles. The van der Waals surface area contributed by atoms with Gasteiger partial charge in [0.25, 0.3) is 0 Å². The molecule has 1 saturated carbocycles. The molecule has 0 aromatic heterocycles. The number of aliphatic imine (C=N–C) groups is 1. The van der Waals surface area contributed by atoms with Gasteiger partial charge in [0.2, 0.25) is 10.0 Å². The van der Waals surface area contributed by atoms with Crippen molar-refractivity contribution in [3.05, 3.63) is 48.0 Å². The zero-order chi connectivity index (χ0) is 20.0. The van der Waals surface area contributed by atoms with Gasteiger partial charge in [0.15, 0.2) is 5.96 Å². The summed E-state index contributed by atoms with van der Waals surface area (Å²) in [5, 5.41) is 8.83. The smallest absolute Gasteiger partial charge is 0.213 e. The van der Waals surface area contributed by atoms with Gasteiger partial charge >= 0.3 is 0 Å². The van der Waals surface area contributed by atoms with E-state index in [4.69, 9.17) is 0 Å². The molecular weight excluding hydrogens is 372 g/mol. The van der Waals surface area contributed by atoms with Crippen LogP contribution in [0.25, 0.3) is 10.8 Å². The van der Waals surface area contributed by atoms with Crippen molar-refractivity contribution in [2.75, 3.05) is 25.9 Å². The van der Waals surface area contributed by atoms with E-state index in [9.17, 15) is 8.42 Å². The van der Waals surface area contributed by atoms with E-state index < -0.39 is 10.0 Å². The lowest BCUT2D eigenvalue weighted by atomic mass is 9.86. The summed E-state index contributed by atoms with van der Waals surface area (Å²) in [6, 6.07) is 14.7. The number of guanidine groups is 1. The van der Waals surface area contributed by atoms with Crippen LogP contribution in [-0.4, -0.2) is 40.3 Å². The third kappa shape index (κ3) is 5.69. The summed E-state index contributed by atoms with van der Waals surface area (Å²) in [5.41, 5.74) is 1.15. The molecule has 0 spiro atoms. The van der Waals surface area contributed by atoms with Crippen LogP contribution in [0.4, 0.5) is 0 Å². The maximum atomic E-state index is 12.1. The van der Waals surface area contributed by atoms with E-state index in [2.05, 4.69) is 57.6 Å². The molecule has 0 aliphatic heterocycles. The Morgan fingerprint density at radius 2 is 1.93 bits per heavy atom. The lowest BCUT2D eigenvalue weighted by Gasteiger charge is -2.25. The van der Waals surface area contributed by atoms with Crippen molar-refractivity contribution in [3.8, 4) is 0 Å². The number of rotatable bonds is 8. The lowest BCUT2D eigenvalue weighted by Crippen LogP contribution is -2.42. The fourth-order valence-electron chi connectivity index (χ4n) is 3.28. The molecule has 1 aliphatic rings. The first kappa shape index (κ1) is 20.6. The molecule has 6 nitrogen and oxygen atoms in total. The van der Waals surface area contributed by atoms with Crippen LogP contribution in [0.15, 0.2) is 47.5 Å². The molecule has 2 aromatic rings. The van der Waals surface area contributed by atoms with Gasteiger partial charge in [-0.25, -0.2) is 13.1 Å². The van der Waals surface area contributed by atoms with E-state index in [0.29, 0.717) is 25.0 Å². The summed E-state index contributed by atoms with van der Waals surface area (Å²) < 4.78 is 26.9. The van der Waals surface area contributed by atoms with Gasteiger partial charge in [-0.2, -0.15) is 0 Å². The highest BCUT2D eigenvalue weighted by Crippen LogP contribution is 2.25. The third-order valence-corrected chi connectivity index (χ3v) is 6.68. The van der Waals surface area contributed by atoms with Gasteiger partial charge in [0, 0.05) is 20.1 Å². The highest BCUT2D eigenvalue weighted by atomic mass is 32.2. The molecule has 1 atom stereocenters.